The van der Waals surface area contributed by atoms with E-state index in [4.69, 9.17) is 4.42 Å². The van der Waals surface area contributed by atoms with E-state index in [-0.39, 0.29) is 5.75 Å². The smallest absolute Gasteiger partial charge is 0.143 e. The van der Waals surface area contributed by atoms with Crippen molar-refractivity contribution >= 4 is 33.2 Å². The largest absolute Gasteiger partial charge is 0.508 e. The molecule has 4 rings (SSSR count). The summed E-state index contributed by atoms with van der Waals surface area (Å²) < 4.78 is 6.19. The van der Waals surface area contributed by atoms with Crippen molar-refractivity contribution < 1.29 is 9.52 Å². The lowest BCUT2D eigenvalue weighted by atomic mass is 10.0. The molecule has 144 valence electrons. The summed E-state index contributed by atoms with van der Waals surface area (Å²) >= 11 is 0. The third-order valence-corrected chi connectivity index (χ3v) is 4.90. The second kappa shape index (κ2) is 8.11. The van der Waals surface area contributed by atoms with Gasteiger partial charge >= 0.3 is 0 Å². The molecule has 1 heterocycles. The van der Waals surface area contributed by atoms with Crippen LogP contribution in [0.1, 0.15) is 12.5 Å². The minimum Gasteiger partial charge on any atom is -0.508 e. The van der Waals surface area contributed by atoms with Crippen molar-refractivity contribution in [2.24, 2.45) is 0 Å². The maximum absolute atomic E-state index is 9.45. The van der Waals surface area contributed by atoms with Crippen LogP contribution in [-0.2, 0) is 0 Å². The number of aromatic hydroxyl groups is 1. The third kappa shape index (κ3) is 3.81. The number of para-hydroxylation sites is 2. The molecular weight excluding hydrogens is 358 g/mol. The van der Waals surface area contributed by atoms with Crippen LogP contribution >= 0.6 is 0 Å². The van der Waals surface area contributed by atoms with E-state index in [0.717, 1.165) is 38.8 Å². The number of phenolic OH excluding ortho intramolecular Hbond substituents is 1. The highest BCUT2D eigenvalue weighted by Gasteiger charge is 2.11. The van der Waals surface area contributed by atoms with Crippen LogP contribution < -0.4 is 4.90 Å². The summed E-state index contributed by atoms with van der Waals surface area (Å²) in [5, 5.41) is 11.7. The van der Waals surface area contributed by atoms with E-state index in [1.54, 1.807) is 12.1 Å². The molecule has 0 aliphatic rings. The predicted molar refractivity (Wildman–Crippen MR) is 122 cm³/mol. The van der Waals surface area contributed by atoms with Gasteiger partial charge in [0, 0.05) is 35.3 Å². The van der Waals surface area contributed by atoms with Gasteiger partial charge in [0.25, 0.3) is 0 Å². The first-order valence-corrected chi connectivity index (χ1v) is 9.61. The summed E-state index contributed by atoms with van der Waals surface area (Å²) in [4.78, 5) is 2.00. The second-order valence-corrected chi connectivity index (χ2v) is 6.87. The zero-order valence-corrected chi connectivity index (χ0v) is 16.5. The number of phenols is 1. The fraction of sp³-hybridized carbons (Fsp3) is 0.0769. The summed E-state index contributed by atoms with van der Waals surface area (Å²) in [7, 11) is 1.98. The maximum Gasteiger partial charge on any atom is 0.143 e. The fourth-order valence-electron chi connectivity index (χ4n) is 3.44. The van der Waals surface area contributed by atoms with Crippen molar-refractivity contribution in [2.75, 3.05) is 11.9 Å². The molecule has 0 bridgehead atoms. The van der Waals surface area contributed by atoms with Crippen LogP contribution in [-0.4, -0.2) is 12.2 Å². The third-order valence-electron chi connectivity index (χ3n) is 4.90. The molecule has 3 heteroatoms. The van der Waals surface area contributed by atoms with Gasteiger partial charge in [0.2, 0.25) is 0 Å². The lowest BCUT2D eigenvalue weighted by molar-refractivity contribution is 0.475. The first kappa shape index (κ1) is 18.6. The number of nitrogens with zero attached hydrogens (tertiary/aromatic N) is 1. The maximum atomic E-state index is 9.45. The molecule has 1 N–H and O–H groups in total. The van der Waals surface area contributed by atoms with Crippen molar-refractivity contribution in [1.82, 2.24) is 0 Å². The van der Waals surface area contributed by atoms with Gasteiger partial charge in [0.15, 0.2) is 0 Å². The molecule has 0 radical (unpaired) electrons. The highest BCUT2D eigenvalue weighted by atomic mass is 16.3. The van der Waals surface area contributed by atoms with Crippen molar-refractivity contribution in [1.29, 1.82) is 0 Å². The van der Waals surface area contributed by atoms with Crippen LogP contribution in [0.5, 0.6) is 5.75 Å². The number of rotatable bonds is 5. The lowest BCUT2D eigenvalue weighted by Gasteiger charge is -2.13. The molecule has 3 aromatic carbocycles. The van der Waals surface area contributed by atoms with Crippen LogP contribution in [0.3, 0.4) is 0 Å². The number of allylic oxidation sites excluding steroid dienone is 5. The van der Waals surface area contributed by atoms with Gasteiger partial charge < -0.3 is 14.4 Å². The van der Waals surface area contributed by atoms with E-state index in [9.17, 15) is 5.11 Å². The molecular formula is C26H23NO2. The Morgan fingerprint density at radius 3 is 2.48 bits per heavy atom. The number of hydrogen-bond acceptors (Lipinski definition) is 3. The number of anilines is 1. The van der Waals surface area contributed by atoms with E-state index in [1.165, 1.54) is 0 Å². The SMILES string of the molecule is C\C=C/C(=C\C=C\N(C)c1ccc(O)cc1)c1cccc2c1oc1ccccc12. The Morgan fingerprint density at radius 1 is 0.931 bits per heavy atom. The molecule has 4 aromatic rings. The average molecular weight is 381 g/mol. The molecule has 0 spiro atoms. The van der Waals surface area contributed by atoms with Crippen LogP contribution in [0.2, 0.25) is 0 Å². The molecule has 0 atom stereocenters. The Kier molecular flexibility index (Phi) is 5.21. The summed E-state index contributed by atoms with van der Waals surface area (Å²) in [5.41, 5.74) is 4.94. The summed E-state index contributed by atoms with van der Waals surface area (Å²) in [6.07, 6.45) is 10.2. The van der Waals surface area contributed by atoms with Gasteiger partial charge in [0.1, 0.15) is 16.9 Å². The van der Waals surface area contributed by atoms with Crippen molar-refractivity contribution in [3.63, 3.8) is 0 Å². The van der Waals surface area contributed by atoms with E-state index >= 15 is 0 Å². The standard InChI is InChI=1S/C26H23NO2/c1-3-8-19(9-7-18-27(2)20-14-16-21(28)17-15-20)22-11-6-12-24-23-10-4-5-13-25(23)29-26(22)24/h3-18,28H,1-2H3/b8-3-,18-7+,19-9+. The lowest BCUT2D eigenvalue weighted by Crippen LogP contribution is -2.06. The first-order valence-electron chi connectivity index (χ1n) is 9.61. The first-order chi connectivity index (χ1) is 14.2. The molecule has 29 heavy (non-hydrogen) atoms. The number of hydrogen-bond donors (Lipinski definition) is 1. The fourth-order valence-corrected chi connectivity index (χ4v) is 3.44. The number of fused-ring (bicyclic) bond motifs is 3. The summed E-state index contributed by atoms with van der Waals surface area (Å²) in [5.74, 6) is 0.264. The number of furan rings is 1. The van der Waals surface area contributed by atoms with Crippen molar-refractivity contribution in [3.8, 4) is 5.75 Å². The predicted octanol–water partition coefficient (Wildman–Crippen LogP) is 6.90. The molecule has 0 aliphatic carbocycles. The Balaban J connectivity index is 1.71. The molecule has 0 saturated heterocycles. The van der Waals surface area contributed by atoms with E-state index < -0.39 is 0 Å². The van der Waals surface area contributed by atoms with Crippen molar-refractivity contribution in [2.45, 2.75) is 6.92 Å². The van der Waals surface area contributed by atoms with Gasteiger partial charge in [-0.3, -0.25) is 0 Å². The Labute approximate surface area is 170 Å². The minimum atomic E-state index is 0.264. The molecule has 0 amide bonds. The Morgan fingerprint density at radius 2 is 1.69 bits per heavy atom. The average Bonchev–Trinajstić information content (AvgIpc) is 3.12. The summed E-state index contributed by atoms with van der Waals surface area (Å²) in [6, 6.07) is 21.5. The van der Waals surface area contributed by atoms with Gasteiger partial charge in [-0.25, -0.2) is 0 Å². The van der Waals surface area contributed by atoms with Gasteiger partial charge in [-0.05, 0) is 48.9 Å². The number of benzene rings is 3. The van der Waals surface area contributed by atoms with Crippen LogP contribution in [0, 0.1) is 0 Å². The molecule has 0 saturated carbocycles. The molecule has 0 aliphatic heterocycles. The summed E-state index contributed by atoms with van der Waals surface area (Å²) in [6.45, 7) is 2.01. The zero-order valence-electron chi connectivity index (χ0n) is 16.5. The van der Waals surface area contributed by atoms with Crippen LogP contribution in [0.25, 0.3) is 27.5 Å². The van der Waals surface area contributed by atoms with Crippen molar-refractivity contribution in [3.05, 3.63) is 103 Å². The van der Waals surface area contributed by atoms with Gasteiger partial charge in [0.05, 0.1) is 0 Å². The Bertz CT molecular complexity index is 1230. The van der Waals surface area contributed by atoms with E-state index in [1.807, 2.05) is 67.6 Å². The molecule has 0 unspecified atom stereocenters. The van der Waals surface area contributed by atoms with Crippen LogP contribution in [0.15, 0.2) is 102 Å². The highest BCUT2D eigenvalue weighted by molar-refractivity contribution is 6.08. The molecule has 1 aromatic heterocycles. The quantitative estimate of drug-likeness (QED) is 0.382. The Hall–Kier alpha value is -3.72. The van der Waals surface area contributed by atoms with Crippen LogP contribution in [0.4, 0.5) is 5.69 Å². The molecule has 3 nitrogen and oxygen atoms in total. The zero-order chi connectivity index (χ0) is 20.2. The normalized spacial score (nSPS) is 12.6. The van der Waals surface area contributed by atoms with Gasteiger partial charge in [-0.1, -0.05) is 54.6 Å². The van der Waals surface area contributed by atoms with Gasteiger partial charge in [-0.2, -0.15) is 0 Å². The van der Waals surface area contributed by atoms with E-state index in [2.05, 4.69) is 36.4 Å². The topological polar surface area (TPSA) is 36.6 Å². The highest BCUT2D eigenvalue weighted by Crippen LogP contribution is 2.34. The minimum absolute atomic E-state index is 0.264. The molecule has 0 fully saturated rings. The second-order valence-electron chi connectivity index (χ2n) is 6.87. The monoisotopic (exact) mass is 381 g/mol. The van der Waals surface area contributed by atoms with Gasteiger partial charge in [-0.15, -0.1) is 0 Å². The van der Waals surface area contributed by atoms with E-state index in [0.29, 0.717) is 0 Å².